The quantitative estimate of drug-likeness (QED) is 0.856. The minimum absolute atomic E-state index is 0.0800. The molecule has 20 heavy (non-hydrogen) atoms. The zero-order valence-electron chi connectivity index (χ0n) is 11.7. The third kappa shape index (κ3) is 3.93. The van der Waals surface area contributed by atoms with Crippen LogP contribution in [0.1, 0.15) is 19.3 Å². The molecule has 110 valence electrons. The van der Waals surface area contributed by atoms with Crippen LogP contribution in [0.2, 0.25) is 0 Å². The highest BCUT2D eigenvalue weighted by molar-refractivity contribution is 5.69. The molecule has 0 saturated carbocycles. The van der Waals surface area contributed by atoms with Crippen LogP contribution in [0.25, 0.3) is 0 Å². The Labute approximate surface area is 118 Å². The molecular weight excluding hydrogens is 259 g/mol. The number of benzene rings is 1. The Kier molecular flexibility index (Phi) is 4.95. The summed E-state index contributed by atoms with van der Waals surface area (Å²) in [7, 11) is 1.40. The SMILES string of the molecule is COC(=O)CCC1CC(N)CN(c2ccc(F)cc2)C1. The highest BCUT2D eigenvalue weighted by atomic mass is 19.1. The van der Waals surface area contributed by atoms with Gasteiger partial charge in [-0.05, 0) is 43.0 Å². The standard InChI is InChI=1S/C15H21FN2O2/c1-20-15(19)7-2-11-8-13(17)10-18(9-11)14-5-3-12(16)4-6-14/h3-6,11,13H,2,7-10,17H2,1H3. The van der Waals surface area contributed by atoms with Gasteiger partial charge >= 0.3 is 5.97 Å². The lowest BCUT2D eigenvalue weighted by Crippen LogP contribution is -2.47. The topological polar surface area (TPSA) is 55.6 Å². The largest absolute Gasteiger partial charge is 0.469 e. The van der Waals surface area contributed by atoms with Crippen LogP contribution in [0.5, 0.6) is 0 Å². The minimum atomic E-state index is -0.239. The summed E-state index contributed by atoms with van der Waals surface area (Å²) >= 11 is 0. The predicted molar refractivity (Wildman–Crippen MR) is 75.9 cm³/mol. The van der Waals surface area contributed by atoms with E-state index >= 15 is 0 Å². The Morgan fingerprint density at radius 3 is 2.75 bits per heavy atom. The third-order valence-corrected chi connectivity index (χ3v) is 3.75. The number of nitrogens with zero attached hydrogens (tertiary/aromatic N) is 1. The molecule has 4 nitrogen and oxygen atoms in total. The molecule has 0 spiro atoms. The van der Waals surface area contributed by atoms with Crippen molar-refractivity contribution in [3.05, 3.63) is 30.1 Å². The van der Waals surface area contributed by atoms with E-state index < -0.39 is 0 Å². The van der Waals surface area contributed by atoms with Crippen LogP contribution >= 0.6 is 0 Å². The van der Waals surface area contributed by atoms with E-state index in [2.05, 4.69) is 9.64 Å². The molecule has 2 unspecified atom stereocenters. The summed E-state index contributed by atoms with van der Waals surface area (Å²) in [5.74, 6) is -0.0577. The van der Waals surface area contributed by atoms with Crippen LogP contribution < -0.4 is 10.6 Å². The number of esters is 1. The molecule has 0 amide bonds. The molecule has 1 aliphatic rings. The first-order chi connectivity index (χ1) is 9.58. The van der Waals surface area contributed by atoms with Crippen LogP contribution in [0.15, 0.2) is 24.3 Å². The molecule has 2 N–H and O–H groups in total. The lowest BCUT2D eigenvalue weighted by Gasteiger charge is -2.37. The van der Waals surface area contributed by atoms with Crippen LogP contribution in [0.3, 0.4) is 0 Å². The van der Waals surface area contributed by atoms with E-state index in [0.717, 1.165) is 31.6 Å². The first kappa shape index (κ1) is 14.8. The Hall–Kier alpha value is -1.62. The van der Waals surface area contributed by atoms with Gasteiger partial charge in [0.1, 0.15) is 5.82 Å². The van der Waals surface area contributed by atoms with Gasteiger partial charge in [-0.15, -0.1) is 0 Å². The van der Waals surface area contributed by atoms with Crippen LogP contribution in [-0.4, -0.2) is 32.2 Å². The minimum Gasteiger partial charge on any atom is -0.469 e. The maximum Gasteiger partial charge on any atom is 0.305 e. The van der Waals surface area contributed by atoms with Crippen molar-refractivity contribution >= 4 is 11.7 Å². The maximum atomic E-state index is 13.0. The van der Waals surface area contributed by atoms with E-state index in [0.29, 0.717) is 12.3 Å². The van der Waals surface area contributed by atoms with Crippen molar-refractivity contribution in [2.75, 3.05) is 25.1 Å². The molecular formula is C15H21FN2O2. The highest BCUT2D eigenvalue weighted by Crippen LogP contribution is 2.25. The van der Waals surface area contributed by atoms with Gasteiger partial charge in [0.2, 0.25) is 0 Å². The van der Waals surface area contributed by atoms with Crippen molar-refractivity contribution in [2.24, 2.45) is 11.7 Å². The molecule has 0 bridgehead atoms. The fourth-order valence-electron chi connectivity index (χ4n) is 2.74. The average Bonchev–Trinajstić information content (AvgIpc) is 2.45. The van der Waals surface area contributed by atoms with Gasteiger partial charge in [0.05, 0.1) is 7.11 Å². The molecule has 1 heterocycles. The van der Waals surface area contributed by atoms with E-state index in [1.807, 2.05) is 0 Å². The molecule has 5 heteroatoms. The summed E-state index contributed by atoms with van der Waals surface area (Å²) < 4.78 is 17.6. The molecule has 2 rings (SSSR count). The van der Waals surface area contributed by atoms with Gasteiger partial charge in [0, 0.05) is 31.2 Å². The number of halogens is 1. The average molecular weight is 280 g/mol. The summed E-state index contributed by atoms with van der Waals surface area (Å²) in [4.78, 5) is 13.4. The molecule has 1 aliphatic heterocycles. The number of anilines is 1. The first-order valence-electron chi connectivity index (χ1n) is 6.91. The fraction of sp³-hybridized carbons (Fsp3) is 0.533. The van der Waals surface area contributed by atoms with Gasteiger partial charge in [0.15, 0.2) is 0 Å². The number of piperidine rings is 1. The first-order valence-corrected chi connectivity index (χ1v) is 6.91. The Morgan fingerprint density at radius 2 is 2.10 bits per heavy atom. The van der Waals surface area contributed by atoms with Crippen molar-refractivity contribution in [2.45, 2.75) is 25.3 Å². The van der Waals surface area contributed by atoms with Gasteiger partial charge in [-0.3, -0.25) is 4.79 Å². The molecule has 1 aromatic rings. The van der Waals surface area contributed by atoms with E-state index in [-0.39, 0.29) is 17.8 Å². The Morgan fingerprint density at radius 1 is 1.40 bits per heavy atom. The number of hydrogen-bond donors (Lipinski definition) is 1. The lowest BCUT2D eigenvalue weighted by molar-refractivity contribution is -0.140. The molecule has 0 radical (unpaired) electrons. The Bertz CT molecular complexity index is 450. The van der Waals surface area contributed by atoms with E-state index in [1.54, 1.807) is 12.1 Å². The number of ether oxygens (including phenoxy) is 1. The summed E-state index contributed by atoms with van der Waals surface area (Å²) in [5.41, 5.74) is 7.07. The van der Waals surface area contributed by atoms with Crippen LogP contribution in [-0.2, 0) is 9.53 Å². The van der Waals surface area contributed by atoms with Crippen molar-refractivity contribution in [1.29, 1.82) is 0 Å². The monoisotopic (exact) mass is 280 g/mol. The predicted octanol–water partition coefficient (Wildman–Crippen LogP) is 1.93. The zero-order chi connectivity index (χ0) is 14.5. The number of rotatable bonds is 4. The summed E-state index contributed by atoms with van der Waals surface area (Å²) in [6.07, 6.45) is 2.11. The fourth-order valence-corrected chi connectivity index (χ4v) is 2.74. The number of carbonyl (C=O) groups is 1. The van der Waals surface area contributed by atoms with Crippen LogP contribution in [0.4, 0.5) is 10.1 Å². The second kappa shape index (κ2) is 6.70. The number of nitrogens with two attached hydrogens (primary N) is 1. The Balaban J connectivity index is 1.97. The third-order valence-electron chi connectivity index (χ3n) is 3.75. The van der Waals surface area contributed by atoms with Crippen molar-refractivity contribution in [1.82, 2.24) is 0 Å². The zero-order valence-corrected chi connectivity index (χ0v) is 11.7. The van der Waals surface area contributed by atoms with Gasteiger partial charge < -0.3 is 15.4 Å². The van der Waals surface area contributed by atoms with Gasteiger partial charge in [0.25, 0.3) is 0 Å². The van der Waals surface area contributed by atoms with Crippen LogP contribution in [0, 0.1) is 11.7 Å². The van der Waals surface area contributed by atoms with Crippen molar-refractivity contribution < 1.29 is 13.9 Å². The molecule has 0 aromatic heterocycles. The number of methoxy groups -OCH3 is 1. The molecule has 0 aliphatic carbocycles. The normalized spacial score (nSPS) is 22.6. The molecule has 2 atom stereocenters. The highest BCUT2D eigenvalue weighted by Gasteiger charge is 2.25. The summed E-state index contributed by atoms with van der Waals surface area (Å²) in [6.45, 7) is 1.61. The number of hydrogen-bond acceptors (Lipinski definition) is 4. The smallest absolute Gasteiger partial charge is 0.305 e. The van der Waals surface area contributed by atoms with E-state index in [9.17, 15) is 9.18 Å². The summed E-state index contributed by atoms with van der Waals surface area (Å²) in [5, 5.41) is 0. The van der Waals surface area contributed by atoms with Crippen molar-refractivity contribution in [3.63, 3.8) is 0 Å². The molecule has 1 aromatic carbocycles. The number of carbonyl (C=O) groups excluding carboxylic acids is 1. The maximum absolute atomic E-state index is 13.0. The summed E-state index contributed by atoms with van der Waals surface area (Å²) in [6, 6.07) is 6.53. The second-order valence-corrected chi connectivity index (χ2v) is 5.36. The lowest BCUT2D eigenvalue weighted by atomic mass is 9.90. The van der Waals surface area contributed by atoms with Gasteiger partial charge in [-0.1, -0.05) is 0 Å². The van der Waals surface area contributed by atoms with E-state index in [1.165, 1.54) is 19.2 Å². The van der Waals surface area contributed by atoms with Crippen molar-refractivity contribution in [3.8, 4) is 0 Å². The van der Waals surface area contributed by atoms with E-state index in [4.69, 9.17) is 5.73 Å². The molecule has 1 fully saturated rings. The van der Waals surface area contributed by atoms with Gasteiger partial charge in [-0.25, -0.2) is 4.39 Å². The molecule has 1 saturated heterocycles. The second-order valence-electron chi connectivity index (χ2n) is 5.36. The van der Waals surface area contributed by atoms with Gasteiger partial charge in [-0.2, -0.15) is 0 Å².